The molecule has 0 radical (unpaired) electrons. The highest BCUT2D eigenvalue weighted by Gasteiger charge is 2.43. The molecular weight excluding hydrogens is 384 g/mol. The van der Waals surface area contributed by atoms with Gasteiger partial charge in [-0.1, -0.05) is 26.7 Å². The van der Waals surface area contributed by atoms with E-state index in [1.165, 1.54) is 0 Å². The Labute approximate surface area is 169 Å². The maximum atomic E-state index is 12.2. The Kier molecular flexibility index (Phi) is 10.6. The number of nitrogens with one attached hydrogen (secondary N) is 2. The molecule has 10 heteroatoms. The number of unbranched alkanes of at least 4 members (excludes halogenated alkanes) is 2. The first-order valence-electron chi connectivity index (χ1n) is 9.93. The highest BCUT2D eigenvalue weighted by molar-refractivity contribution is 5.84. The van der Waals surface area contributed by atoms with Gasteiger partial charge in [-0.2, -0.15) is 0 Å². The normalized spacial score (nSPS) is 23.3. The van der Waals surface area contributed by atoms with Crippen molar-refractivity contribution in [2.75, 3.05) is 6.54 Å². The number of hydrogen-bond donors (Lipinski definition) is 6. The maximum Gasteiger partial charge on any atom is 0.370 e. The zero-order valence-electron chi connectivity index (χ0n) is 16.8. The number of hydrogen-bond acceptors (Lipinski definition) is 7. The van der Waals surface area contributed by atoms with E-state index in [4.69, 9.17) is 9.84 Å². The van der Waals surface area contributed by atoms with Crippen LogP contribution < -0.4 is 10.6 Å². The van der Waals surface area contributed by atoms with E-state index in [9.17, 15) is 29.7 Å². The van der Waals surface area contributed by atoms with Gasteiger partial charge in [0.05, 0.1) is 6.04 Å². The van der Waals surface area contributed by atoms with Gasteiger partial charge in [0.2, 0.25) is 17.6 Å². The van der Waals surface area contributed by atoms with Crippen LogP contribution in [0.25, 0.3) is 0 Å². The first-order valence-corrected chi connectivity index (χ1v) is 9.93. The average molecular weight is 416 g/mol. The number of carboxylic acids is 1. The van der Waals surface area contributed by atoms with Crippen LogP contribution in [0.1, 0.15) is 52.4 Å². The van der Waals surface area contributed by atoms with Crippen molar-refractivity contribution in [2.24, 2.45) is 0 Å². The van der Waals surface area contributed by atoms with E-state index in [1.807, 2.05) is 13.8 Å². The standard InChI is InChI=1S/C19H32N2O8/c1-3-5-6-8-15(25)21-16-11(22)9-13(19(27)28)29-18(16)17(26)12(23)10-20-14(24)7-4-2/h9,11-12,16-18,22-23,26H,3-8,10H2,1-2H3,(H,20,24)(H,21,25)(H,27,28)/t11-,12+,16+,17+,18+/m0/s1. The lowest BCUT2D eigenvalue weighted by Crippen LogP contribution is -2.60. The summed E-state index contributed by atoms with van der Waals surface area (Å²) in [4.78, 5) is 34.9. The zero-order valence-corrected chi connectivity index (χ0v) is 16.8. The van der Waals surface area contributed by atoms with Crippen molar-refractivity contribution >= 4 is 17.8 Å². The Bertz CT molecular complexity index is 595. The van der Waals surface area contributed by atoms with Crippen LogP contribution in [-0.2, 0) is 19.1 Å². The van der Waals surface area contributed by atoms with Gasteiger partial charge in [0.15, 0.2) is 6.10 Å². The molecule has 0 saturated heterocycles. The van der Waals surface area contributed by atoms with Crippen molar-refractivity contribution < 1.29 is 39.5 Å². The fourth-order valence-corrected chi connectivity index (χ4v) is 2.95. The lowest BCUT2D eigenvalue weighted by Gasteiger charge is -2.38. The molecule has 166 valence electrons. The second-order valence-corrected chi connectivity index (χ2v) is 7.07. The molecule has 0 fully saturated rings. The number of carbonyl (C=O) groups is 3. The van der Waals surface area contributed by atoms with Crippen molar-refractivity contribution in [3.8, 4) is 0 Å². The summed E-state index contributed by atoms with van der Waals surface area (Å²) in [5.41, 5.74) is 0. The number of aliphatic hydroxyl groups excluding tert-OH is 3. The molecule has 0 saturated carbocycles. The summed E-state index contributed by atoms with van der Waals surface area (Å²) >= 11 is 0. The molecule has 1 aliphatic rings. The lowest BCUT2D eigenvalue weighted by atomic mass is 9.93. The number of ether oxygens (including phenoxy) is 1. The summed E-state index contributed by atoms with van der Waals surface area (Å²) in [5.74, 6) is -2.75. The van der Waals surface area contributed by atoms with Crippen LogP contribution in [0.15, 0.2) is 11.8 Å². The minimum Gasteiger partial charge on any atom is -0.478 e. The number of rotatable bonds is 12. The van der Waals surface area contributed by atoms with Gasteiger partial charge in [-0.25, -0.2) is 4.79 Å². The van der Waals surface area contributed by atoms with E-state index in [0.717, 1.165) is 18.9 Å². The number of aliphatic carboxylic acids is 1. The van der Waals surface area contributed by atoms with E-state index in [0.29, 0.717) is 12.8 Å². The van der Waals surface area contributed by atoms with Crippen molar-refractivity contribution in [2.45, 2.75) is 82.8 Å². The van der Waals surface area contributed by atoms with Crippen molar-refractivity contribution in [1.82, 2.24) is 10.6 Å². The fourth-order valence-electron chi connectivity index (χ4n) is 2.95. The topological polar surface area (TPSA) is 165 Å². The van der Waals surface area contributed by atoms with Crippen molar-refractivity contribution in [3.05, 3.63) is 11.8 Å². The first-order chi connectivity index (χ1) is 13.7. The minimum atomic E-state index is -1.67. The highest BCUT2D eigenvalue weighted by atomic mass is 16.5. The quantitative estimate of drug-likeness (QED) is 0.230. The summed E-state index contributed by atoms with van der Waals surface area (Å²) in [7, 11) is 0. The Morgan fingerprint density at radius 2 is 1.79 bits per heavy atom. The van der Waals surface area contributed by atoms with Gasteiger partial charge >= 0.3 is 5.97 Å². The Hall–Kier alpha value is -2.17. The molecule has 29 heavy (non-hydrogen) atoms. The monoisotopic (exact) mass is 416 g/mol. The second-order valence-electron chi connectivity index (χ2n) is 7.07. The largest absolute Gasteiger partial charge is 0.478 e. The Balaban J connectivity index is 2.87. The number of carbonyl (C=O) groups excluding carboxylic acids is 2. The summed E-state index contributed by atoms with van der Waals surface area (Å²) in [6.07, 6.45) is -1.63. The molecule has 10 nitrogen and oxygen atoms in total. The minimum absolute atomic E-state index is 0.199. The lowest BCUT2D eigenvalue weighted by molar-refractivity contribution is -0.148. The SMILES string of the molecule is CCCCCC(=O)N[C@H]1[C@H]([C@H](O)[C@H](O)CNC(=O)CCC)OC(C(=O)O)=C[C@@H]1O. The van der Waals surface area contributed by atoms with Gasteiger partial charge in [-0.05, 0) is 18.9 Å². The van der Waals surface area contributed by atoms with Crippen LogP contribution in [0.5, 0.6) is 0 Å². The second kappa shape index (κ2) is 12.4. The third kappa shape index (κ3) is 8.00. The van der Waals surface area contributed by atoms with Gasteiger partial charge in [-0.3, -0.25) is 9.59 Å². The number of carboxylic acid groups (broad SMARTS) is 1. The summed E-state index contributed by atoms with van der Waals surface area (Å²) < 4.78 is 5.26. The first kappa shape index (κ1) is 24.9. The van der Waals surface area contributed by atoms with Crippen molar-refractivity contribution in [3.63, 3.8) is 0 Å². The van der Waals surface area contributed by atoms with E-state index >= 15 is 0 Å². The fraction of sp³-hybridized carbons (Fsp3) is 0.737. The van der Waals surface area contributed by atoms with Crippen LogP contribution in [0.3, 0.4) is 0 Å². The van der Waals surface area contributed by atoms with E-state index in [1.54, 1.807) is 0 Å². The average Bonchev–Trinajstić information content (AvgIpc) is 2.67. The summed E-state index contributed by atoms with van der Waals surface area (Å²) in [6.45, 7) is 3.51. The van der Waals surface area contributed by atoms with Crippen LogP contribution in [0, 0.1) is 0 Å². The predicted molar refractivity (Wildman–Crippen MR) is 103 cm³/mol. The van der Waals surface area contributed by atoms with Gasteiger partial charge < -0.3 is 35.8 Å². The molecular formula is C19H32N2O8. The molecule has 0 unspecified atom stereocenters. The van der Waals surface area contributed by atoms with E-state index in [-0.39, 0.29) is 31.2 Å². The highest BCUT2D eigenvalue weighted by Crippen LogP contribution is 2.23. The molecule has 1 aliphatic heterocycles. The van der Waals surface area contributed by atoms with Gasteiger partial charge in [0, 0.05) is 19.4 Å². The van der Waals surface area contributed by atoms with Crippen LogP contribution >= 0.6 is 0 Å². The molecule has 5 atom stereocenters. The smallest absolute Gasteiger partial charge is 0.370 e. The van der Waals surface area contributed by atoms with Gasteiger partial charge in [0.1, 0.15) is 18.3 Å². The molecule has 0 aromatic rings. The Morgan fingerprint density at radius 3 is 2.38 bits per heavy atom. The molecule has 1 heterocycles. The molecule has 0 spiro atoms. The number of amides is 2. The van der Waals surface area contributed by atoms with Gasteiger partial charge in [-0.15, -0.1) is 0 Å². The van der Waals surface area contributed by atoms with E-state index in [2.05, 4.69) is 10.6 Å². The molecule has 0 bridgehead atoms. The van der Waals surface area contributed by atoms with E-state index < -0.39 is 42.2 Å². The third-order valence-corrected chi connectivity index (χ3v) is 4.57. The maximum absolute atomic E-state index is 12.2. The molecule has 1 rings (SSSR count). The van der Waals surface area contributed by atoms with Crippen molar-refractivity contribution in [1.29, 1.82) is 0 Å². The van der Waals surface area contributed by atoms with Gasteiger partial charge in [0.25, 0.3) is 0 Å². The molecule has 6 N–H and O–H groups in total. The van der Waals surface area contributed by atoms with Crippen LogP contribution in [0.4, 0.5) is 0 Å². The van der Waals surface area contributed by atoms with Crippen LogP contribution in [0.2, 0.25) is 0 Å². The summed E-state index contributed by atoms with van der Waals surface area (Å²) in [6, 6.07) is -1.16. The zero-order chi connectivity index (χ0) is 22.0. The molecule has 2 amide bonds. The molecule has 0 aromatic carbocycles. The van der Waals surface area contributed by atoms with Crippen LogP contribution in [-0.4, -0.2) is 75.2 Å². The predicted octanol–water partition coefficient (Wildman–Crippen LogP) is -0.582. The molecule has 0 aromatic heterocycles. The number of aliphatic hydroxyl groups is 3. The summed E-state index contributed by atoms with van der Waals surface area (Å²) in [5, 5.41) is 45.2. The Morgan fingerprint density at radius 1 is 1.10 bits per heavy atom. The molecule has 0 aliphatic carbocycles. The third-order valence-electron chi connectivity index (χ3n) is 4.57.